The van der Waals surface area contributed by atoms with Crippen LogP contribution in [-0.4, -0.2) is 16.1 Å². The van der Waals surface area contributed by atoms with Crippen molar-refractivity contribution in [2.75, 3.05) is 0 Å². The quantitative estimate of drug-likeness (QED) is 0.807. The summed E-state index contributed by atoms with van der Waals surface area (Å²) >= 11 is 0. The summed E-state index contributed by atoms with van der Waals surface area (Å²) in [7, 11) is 0. The summed E-state index contributed by atoms with van der Waals surface area (Å²) in [6, 6.07) is 1.93. The van der Waals surface area contributed by atoms with Crippen LogP contribution in [0.25, 0.3) is 0 Å². The number of carboxylic acid groups (broad SMARTS) is 1. The molecule has 0 amide bonds. The van der Waals surface area contributed by atoms with Crippen molar-refractivity contribution in [3.05, 3.63) is 29.1 Å². The smallest absolute Gasteiger partial charge is 0.337 e. The predicted molar refractivity (Wildman–Crippen MR) is 57.1 cm³/mol. The van der Waals surface area contributed by atoms with Crippen molar-refractivity contribution in [3.8, 4) is 0 Å². The van der Waals surface area contributed by atoms with E-state index in [1.807, 2.05) is 13.0 Å². The first-order valence-electron chi connectivity index (χ1n) is 5.38. The van der Waals surface area contributed by atoms with Crippen LogP contribution in [0.4, 0.5) is 0 Å². The van der Waals surface area contributed by atoms with E-state index in [9.17, 15) is 4.79 Å². The number of carboxylic acids is 1. The van der Waals surface area contributed by atoms with Crippen molar-refractivity contribution in [3.63, 3.8) is 0 Å². The Morgan fingerprint density at radius 3 is 2.73 bits per heavy atom. The second-order valence-corrected chi connectivity index (χ2v) is 4.20. The zero-order chi connectivity index (χ0) is 10.8. The molecule has 1 N–H and O–H groups in total. The van der Waals surface area contributed by atoms with Gasteiger partial charge in [-0.2, -0.15) is 0 Å². The fraction of sp³-hybridized carbons (Fsp3) is 0.500. The van der Waals surface area contributed by atoms with E-state index in [-0.39, 0.29) is 0 Å². The minimum Gasteiger partial charge on any atom is -0.478 e. The van der Waals surface area contributed by atoms with Crippen molar-refractivity contribution in [2.45, 2.75) is 38.5 Å². The van der Waals surface area contributed by atoms with Gasteiger partial charge in [0.1, 0.15) is 0 Å². The third-order valence-corrected chi connectivity index (χ3v) is 3.10. The lowest BCUT2D eigenvalue weighted by Crippen LogP contribution is -2.07. The first kappa shape index (κ1) is 10.1. The van der Waals surface area contributed by atoms with Gasteiger partial charge in [0, 0.05) is 11.9 Å². The standard InChI is InChI=1S/C12H15NO2/c1-8-6-10(9-4-2-3-5-9)11(7-13-8)12(14)15/h6-7,9H,2-5H2,1H3,(H,14,15). The third-order valence-electron chi connectivity index (χ3n) is 3.10. The van der Waals surface area contributed by atoms with Gasteiger partial charge in [0.05, 0.1) is 5.56 Å². The van der Waals surface area contributed by atoms with Crippen LogP contribution in [0, 0.1) is 6.92 Å². The van der Waals surface area contributed by atoms with E-state index in [0.29, 0.717) is 11.5 Å². The average Bonchev–Trinajstić information content (AvgIpc) is 2.69. The summed E-state index contributed by atoms with van der Waals surface area (Å²) < 4.78 is 0. The zero-order valence-electron chi connectivity index (χ0n) is 8.86. The molecule has 1 aliphatic rings. The van der Waals surface area contributed by atoms with Crippen LogP contribution >= 0.6 is 0 Å². The van der Waals surface area contributed by atoms with Gasteiger partial charge in [-0.3, -0.25) is 4.98 Å². The molecule has 0 aliphatic heterocycles. The van der Waals surface area contributed by atoms with E-state index in [2.05, 4.69) is 4.98 Å². The van der Waals surface area contributed by atoms with E-state index in [0.717, 1.165) is 24.1 Å². The van der Waals surface area contributed by atoms with Gasteiger partial charge in [-0.1, -0.05) is 12.8 Å². The highest BCUT2D eigenvalue weighted by Gasteiger charge is 2.22. The third kappa shape index (κ3) is 2.01. The topological polar surface area (TPSA) is 50.2 Å². The second-order valence-electron chi connectivity index (χ2n) is 4.20. The molecule has 1 aliphatic carbocycles. The van der Waals surface area contributed by atoms with Gasteiger partial charge in [-0.25, -0.2) is 4.79 Å². The highest BCUT2D eigenvalue weighted by atomic mass is 16.4. The Hall–Kier alpha value is -1.38. The Morgan fingerprint density at radius 1 is 1.47 bits per heavy atom. The summed E-state index contributed by atoms with van der Waals surface area (Å²) in [6.45, 7) is 1.91. The summed E-state index contributed by atoms with van der Waals surface area (Å²) in [6.07, 6.45) is 6.15. The van der Waals surface area contributed by atoms with Crippen LogP contribution in [0.3, 0.4) is 0 Å². The van der Waals surface area contributed by atoms with Crippen LogP contribution in [0.1, 0.15) is 53.2 Å². The van der Waals surface area contributed by atoms with Gasteiger partial charge >= 0.3 is 5.97 Å². The molecule has 0 saturated heterocycles. The van der Waals surface area contributed by atoms with Gasteiger partial charge in [-0.15, -0.1) is 0 Å². The molecule has 0 bridgehead atoms. The summed E-state index contributed by atoms with van der Waals surface area (Å²) in [5, 5.41) is 9.08. The van der Waals surface area contributed by atoms with Gasteiger partial charge in [0.15, 0.2) is 0 Å². The van der Waals surface area contributed by atoms with Crippen molar-refractivity contribution in [1.29, 1.82) is 0 Å². The summed E-state index contributed by atoms with van der Waals surface area (Å²) in [4.78, 5) is 15.1. The van der Waals surface area contributed by atoms with Crippen LogP contribution < -0.4 is 0 Å². The van der Waals surface area contributed by atoms with Crippen LogP contribution in [0.2, 0.25) is 0 Å². The van der Waals surface area contributed by atoms with E-state index in [1.54, 1.807) is 0 Å². The molecule has 0 radical (unpaired) electrons. The number of aryl methyl sites for hydroxylation is 1. The SMILES string of the molecule is Cc1cc(C2CCCC2)c(C(=O)O)cn1. The molecular formula is C12H15NO2. The molecule has 1 fully saturated rings. The summed E-state index contributed by atoms with van der Waals surface area (Å²) in [5.74, 6) is -0.429. The summed E-state index contributed by atoms with van der Waals surface area (Å²) in [5.41, 5.74) is 2.27. The van der Waals surface area contributed by atoms with Crippen molar-refractivity contribution < 1.29 is 9.90 Å². The molecule has 2 rings (SSSR count). The van der Waals surface area contributed by atoms with E-state index >= 15 is 0 Å². The van der Waals surface area contributed by atoms with Crippen molar-refractivity contribution in [1.82, 2.24) is 4.98 Å². The Balaban J connectivity index is 2.41. The number of carbonyl (C=O) groups is 1. The molecule has 15 heavy (non-hydrogen) atoms. The maximum atomic E-state index is 11.0. The molecule has 0 unspecified atom stereocenters. The van der Waals surface area contributed by atoms with Crippen LogP contribution in [0.15, 0.2) is 12.3 Å². The predicted octanol–water partition coefficient (Wildman–Crippen LogP) is 2.75. The Labute approximate surface area is 89.2 Å². The molecule has 3 heteroatoms. The highest BCUT2D eigenvalue weighted by molar-refractivity contribution is 5.89. The Morgan fingerprint density at radius 2 is 2.13 bits per heavy atom. The minimum absolute atomic E-state index is 0.382. The number of pyridine rings is 1. The van der Waals surface area contributed by atoms with Crippen molar-refractivity contribution in [2.24, 2.45) is 0 Å². The molecule has 1 heterocycles. The molecule has 1 saturated carbocycles. The number of hydrogen-bond acceptors (Lipinski definition) is 2. The lowest BCUT2D eigenvalue weighted by molar-refractivity contribution is 0.0694. The molecule has 80 valence electrons. The normalized spacial score (nSPS) is 16.9. The molecule has 0 atom stereocenters. The van der Waals surface area contributed by atoms with Gasteiger partial charge in [0.2, 0.25) is 0 Å². The minimum atomic E-state index is -0.857. The number of hydrogen-bond donors (Lipinski definition) is 1. The first-order chi connectivity index (χ1) is 7.18. The number of aromatic carboxylic acids is 1. The monoisotopic (exact) mass is 205 g/mol. The zero-order valence-corrected chi connectivity index (χ0v) is 8.86. The molecule has 0 aromatic carbocycles. The van der Waals surface area contributed by atoms with E-state index in [1.165, 1.54) is 19.0 Å². The molecule has 1 aromatic heterocycles. The largest absolute Gasteiger partial charge is 0.478 e. The van der Waals surface area contributed by atoms with Gasteiger partial charge < -0.3 is 5.11 Å². The van der Waals surface area contributed by atoms with Gasteiger partial charge in [-0.05, 0) is 37.3 Å². The Bertz CT molecular complexity index is 381. The highest BCUT2D eigenvalue weighted by Crippen LogP contribution is 2.35. The Kier molecular flexibility index (Phi) is 2.71. The molecule has 3 nitrogen and oxygen atoms in total. The van der Waals surface area contributed by atoms with Crippen LogP contribution in [-0.2, 0) is 0 Å². The molecule has 0 spiro atoms. The fourth-order valence-corrected chi connectivity index (χ4v) is 2.33. The number of rotatable bonds is 2. The van der Waals surface area contributed by atoms with Crippen molar-refractivity contribution >= 4 is 5.97 Å². The van der Waals surface area contributed by atoms with E-state index in [4.69, 9.17) is 5.11 Å². The number of aromatic nitrogens is 1. The maximum absolute atomic E-state index is 11.0. The lowest BCUT2D eigenvalue weighted by atomic mass is 9.93. The molecular weight excluding hydrogens is 190 g/mol. The average molecular weight is 205 g/mol. The molecule has 1 aromatic rings. The van der Waals surface area contributed by atoms with Gasteiger partial charge in [0.25, 0.3) is 0 Å². The second kappa shape index (κ2) is 4.01. The fourth-order valence-electron chi connectivity index (χ4n) is 2.33. The number of nitrogens with zero attached hydrogens (tertiary/aromatic N) is 1. The first-order valence-corrected chi connectivity index (χ1v) is 5.38. The maximum Gasteiger partial charge on any atom is 0.337 e. The van der Waals surface area contributed by atoms with Crippen LogP contribution in [0.5, 0.6) is 0 Å². The van der Waals surface area contributed by atoms with E-state index < -0.39 is 5.97 Å². The lowest BCUT2D eigenvalue weighted by Gasteiger charge is -2.12.